The quantitative estimate of drug-likeness (QED) is 0.379. The Morgan fingerprint density at radius 3 is 1.83 bits per heavy atom. The first-order valence-electron chi connectivity index (χ1n) is 12.5. The Morgan fingerprint density at radius 2 is 1.40 bits per heavy atom. The molecule has 1 amide bonds. The molecule has 0 radical (unpaired) electrons. The van der Waals surface area contributed by atoms with Crippen LogP contribution in [-0.4, -0.2) is 36.7 Å². The molecule has 0 spiro atoms. The van der Waals surface area contributed by atoms with Crippen LogP contribution in [0.1, 0.15) is 55.4 Å². The second kappa shape index (κ2) is 9.23. The van der Waals surface area contributed by atoms with E-state index in [4.69, 9.17) is 11.6 Å². The molecule has 35 heavy (non-hydrogen) atoms. The van der Waals surface area contributed by atoms with Crippen molar-refractivity contribution in [3.05, 3.63) is 95.1 Å². The number of amides is 1. The average molecular weight is 489 g/mol. The van der Waals surface area contributed by atoms with Crippen molar-refractivity contribution in [3.63, 3.8) is 0 Å². The Hall–Kier alpha value is -2.98. The highest BCUT2D eigenvalue weighted by atomic mass is 35.5. The number of nitrogens with zero attached hydrogens (tertiary/aromatic N) is 2. The van der Waals surface area contributed by atoms with Crippen LogP contribution in [0.4, 0.5) is 16.2 Å². The second-order valence-electron chi connectivity index (χ2n) is 10.2. The number of carbonyl (C=O) groups is 1. The van der Waals surface area contributed by atoms with Crippen LogP contribution in [-0.2, 0) is 10.8 Å². The average Bonchev–Trinajstić information content (AvgIpc) is 2.89. The molecule has 1 N–H and O–H groups in total. The van der Waals surface area contributed by atoms with Gasteiger partial charge in [-0.15, -0.1) is 11.6 Å². The predicted octanol–water partition coefficient (Wildman–Crippen LogP) is 7.03. The Morgan fingerprint density at radius 1 is 0.914 bits per heavy atom. The van der Waals surface area contributed by atoms with Crippen molar-refractivity contribution in [2.24, 2.45) is 0 Å². The summed E-state index contributed by atoms with van der Waals surface area (Å²) in [6.07, 6.45) is 1.65. The van der Waals surface area contributed by atoms with Gasteiger partial charge in [-0.2, -0.15) is 0 Å². The summed E-state index contributed by atoms with van der Waals surface area (Å²) < 4.78 is 0. The molecule has 0 aromatic heterocycles. The van der Waals surface area contributed by atoms with E-state index in [2.05, 4.69) is 91.5 Å². The highest BCUT2D eigenvalue weighted by Gasteiger charge is 2.45. The molecule has 5 heteroatoms. The maximum Gasteiger partial charge on any atom is 0.411 e. The summed E-state index contributed by atoms with van der Waals surface area (Å²) >= 11 is 5.96. The van der Waals surface area contributed by atoms with Crippen LogP contribution in [0.3, 0.4) is 0 Å². The van der Waals surface area contributed by atoms with Crippen molar-refractivity contribution < 1.29 is 9.90 Å². The molecule has 2 atom stereocenters. The van der Waals surface area contributed by atoms with Crippen molar-refractivity contribution in [2.45, 2.75) is 43.9 Å². The lowest BCUT2D eigenvalue weighted by Crippen LogP contribution is -2.47. The third kappa shape index (κ3) is 3.98. The summed E-state index contributed by atoms with van der Waals surface area (Å²) in [7, 11) is 0. The van der Waals surface area contributed by atoms with E-state index < -0.39 is 6.09 Å². The van der Waals surface area contributed by atoms with Gasteiger partial charge in [0.05, 0.1) is 0 Å². The molecule has 0 bridgehead atoms. The molecule has 182 valence electrons. The Kier molecular flexibility index (Phi) is 6.27. The lowest BCUT2D eigenvalue weighted by atomic mass is 9.64. The van der Waals surface area contributed by atoms with Gasteiger partial charge < -0.3 is 10.0 Å². The van der Waals surface area contributed by atoms with Crippen molar-refractivity contribution in [1.82, 2.24) is 0 Å². The molecule has 5 rings (SSSR count). The molecule has 2 aliphatic rings. The maximum atomic E-state index is 12.4. The molecule has 0 unspecified atom stereocenters. The molecule has 0 aliphatic carbocycles. The minimum Gasteiger partial charge on any atom is -0.465 e. The van der Waals surface area contributed by atoms with Gasteiger partial charge in [-0.05, 0) is 53.6 Å². The summed E-state index contributed by atoms with van der Waals surface area (Å²) in [5.74, 6) is 0.429. The Balaban J connectivity index is 1.79. The van der Waals surface area contributed by atoms with Crippen LogP contribution < -0.4 is 9.80 Å². The fraction of sp³-hybridized carbons (Fsp3) is 0.367. The summed E-state index contributed by atoms with van der Waals surface area (Å²) in [5.41, 5.74) is 6.61. The second-order valence-corrected chi connectivity index (χ2v) is 10.6. The van der Waals surface area contributed by atoms with E-state index in [1.54, 1.807) is 0 Å². The van der Waals surface area contributed by atoms with Gasteiger partial charge in [0.1, 0.15) is 0 Å². The topological polar surface area (TPSA) is 43.8 Å². The first-order chi connectivity index (χ1) is 16.9. The lowest BCUT2D eigenvalue weighted by molar-refractivity contribution is 0.202. The molecule has 2 aliphatic heterocycles. The monoisotopic (exact) mass is 488 g/mol. The van der Waals surface area contributed by atoms with Gasteiger partial charge >= 0.3 is 6.09 Å². The van der Waals surface area contributed by atoms with Crippen LogP contribution in [0.5, 0.6) is 0 Å². The molecular weight excluding hydrogens is 456 g/mol. The number of hydrogen-bond acceptors (Lipinski definition) is 2. The fourth-order valence-corrected chi connectivity index (χ4v) is 6.16. The van der Waals surface area contributed by atoms with Crippen molar-refractivity contribution >= 4 is 29.1 Å². The van der Waals surface area contributed by atoms with E-state index in [1.807, 2.05) is 0 Å². The van der Waals surface area contributed by atoms with E-state index in [1.165, 1.54) is 32.8 Å². The molecule has 0 fully saturated rings. The highest BCUT2D eigenvalue weighted by Crippen LogP contribution is 2.54. The van der Waals surface area contributed by atoms with Gasteiger partial charge in [0.25, 0.3) is 0 Å². The summed E-state index contributed by atoms with van der Waals surface area (Å²) in [4.78, 5) is 16.4. The lowest BCUT2D eigenvalue weighted by Gasteiger charge is -2.50. The molecular formula is C30H33ClN2O2. The normalized spacial score (nSPS) is 23.0. The van der Waals surface area contributed by atoms with Crippen molar-refractivity contribution in [1.29, 1.82) is 0 Å². The zero-order valence-corrected chi connectivity index (χ0v) is 21.3. The SMILES string of the molecule is C[C@@]1(c2ccccc2)CCN2CC[C@@](C)(c3ccccc3)c3cc(N(CCCCl)C(=O)O)cc1c32. The molecule has 0 saturated carbocycles. The van der Waals surface area contributed by atoms with Gasteiger partial charge in [-0.25, -0.2) is 4.79 Å². The van der Waals surface area contributed by atoms with Crippen LogP contribution in [0.15, 0.2) is 72.8 Å². The van der Waals surface area contributed by atoms with Gasteiger partial charge in [0, 0.05) is 47.7 Å². The number of alkyl halides is 1. The largest absolute Gasteiger partial charge is 0.465 e. The number of anilines is 2. The maximum absolute atomic E-state index is 12.4. The van der Waals surface area contributed by atoms with Crippen LogP contribution in [0.25, 0.3) is 0 Å². The zero-order valence-electron chi connectivity index (χ0n) is 20.5. The number of rotatable bonds is 6. The summed E-state index contributed by atoms with van der Waals surface area (Å²) in [6.45, 7) is 6.99. The van der Waals surface area contributed by atoms with Gasteiger partial charge in [-0.1, -0.05) is 74.5 Å². The predicted molar refractivity (Wildman–Crippen MR) is 144 cm³/mol. The van der Waals surface area contributed by atoms with Gasteiger partial charge in [0.2, 0.25) is 0 Å². The van der Waals surface area contributed by atoms with Crippen LogP contribution >= 0.6 is 11.6 Å². The third-order valence-corrected chi connectivity index (χ3v) is 8.51. The Bertz CT molecular complexity index is 1140. The molecule has 3 aromatic carbocycles. The molecule has 2 heterocycles. The highest BCUT2D eigenvalue weighted by molar-refractivity contribution is 6.17. The summed E-state index contributed by atoms with van der Waals surface area (Å²) in [6, 6.07) is 25.6. The van der Waals surface area contributed by atoms with Gasteiger partial charge in [0.15, 0.2) is 0 Å². The van der Waals surface area contributed by atoms with E-state index in [0.29, 0.717) is 18.8 Å². The van der Waals surface area contributed by atoms with E-state index >= 15 is 0 Å². The Labute approximate surface area is 213 Å². The minimum absolute atomic E-state index is 0.205. The molecule has 0 saturated heterocycles. The zero-order chi connectivity index (χ0) is 24.6. The van der Waals surface area contributed by atoms with Crippen molar-refractivity contribution in [2.75, 3.05) is 35.3 Å². The first-order valence-corrected chi connectivity index (χ1v) is 13.0. The molecule has 3 aromatic rings. The van der Waals surface area contributed by atoms with Crippen LogP contribution in [0, 0.1) is 0 Å². The van der Waals surface area contributed by atoms with E-state index in [-0.39, 0.29) is 10.8 Å². The first kappa shape index (κ1) is 23.7. The van der Waals surface area contributed by atoms with Crippen LogP contribution in [0.2, 0.25) is 0 Å². The smallest absolute Gasteiger partial charge is 0.411 e. The fourth-order valence-electron chi connectivity index (χ4n) is 6.04. The number of halogens is 1. The van der Waals surface area contributed by atoms with Crippen molar-refractivity contribution in [3.8, 4) is 0 Å². The van der Waals surface area contributed by atoms with Gasteiger partial charge in [-0.3, -0.25) is 4.90 Å². The van der Waals surface area contributed by atoms with E-state index in [0.717, 1.165) is 31.6 Å². The number of hydrogen-bond donors (Lipinski definition) is 1. The third-order valence-electron chi connectivity index (χ3n) is 8.24. The molecule has 4 nitrogen and oxygen atoms in total. The minimum atomic E-state index is -0.937. The number of benzene rings is 3. The number of carboxylic acid groups (broad SMARTS) is 1. The van der Waals surface area contributed by atoms with E-state index in [9.17, 15) is 9.90 Å². The summed E-state index contributed by atoms with van der Waals surface area (Å²) in [5, 5.41) is 10.2. The standard InChI is InChI=1S/C30H33ClN2O2/c1-29(22-10-5-3-6-11-22)14-18-32-19-15-30(2,23-12-7-4-8-13-23)26-21-24(20-25(29)27(26)32)33(28(34)35)17-9-16-31/h3-8,10-13,20-21H,9,14-19H2,1-2H3,(H,34,35)/t29-,30-/m0/s1.